The molecule has 0 aromatic rings. The zero-order valence-electron chi connectivity index (χ0n) is 36.4. The maximum absolute atomic E-state index is 13.3. The third-order valence-electron chi connectivity index (χ3n) is 12.3. The van der Waals surface area contributed by atoms with E-state index in [4.69, 9.17) is 18.9 Å². The molecule has 0 N–H and O–H groups in total. The van der Waals surface area contributed by atoms with Crippen molar-refractivity contribution in [3.8, 4) is 0 Å². The summed E-state index contributed by atoms with van der Waals surface area (Å²) in [4.78, 5) is 39.3. The van der Waals surface area contributed by atoms with E-state index >= 15 is 0 Å². The van der Waals surface area contributed by atoms with E-state index in [-0.39, 0.29) is 36.5 Å². The molecule has 57 heavy (non-hydrogen) atoms. The van der Waals surface area contributed by atoms with Crippen LogP contribution in [0.1, 0.15) is 206 Å². The van der Waals surface area contributed by atoms with E-state index in [9.17, 15) is 14.4 Å². The van der Waals surface area contributed by atoms with Crippen LogP contribution in [0.25, 0.3) is 0 Å². The number of hydrogen-bond donors (Lipinski definition) is 0. The van der Waals surface area contributed by atoms with E-state index in [1.165, 1.54) is 51.4 Å². The van der Waals surface area contributed by atoms with Crippen LogP contribution in [0.15, 0.2) is 48.6 Å². The normalized spacial score (nSPS) is 23.4. The van der Waals surface area contributed by atoms with Gasteiger partial charge in [0.1, 0.15) is 12.7 Å². The molecule has 4 aliphatic rings. The highest BCUT2D eigenvalue weighted by atomic mass is 16.6. The van der Waals surface area contributed by atoms with Gasteiger partial charge < -0.3 is 18.9 Å². The second-order valence-corrected chi connectivity index (χ2v) is 17.2. The van der Waals surface area contributed by atoms with E-state index < -0.39 is 18.3 Å². The monoisotopic (exact) mass is 795 g/mol. The number of ether oxygens (including phenoxy) is 4. The van der Waals surface area contributed by atoms with Gasteiger partial charge in [-0.25, -0.2) is 0 Å². The number of unbranched alkanes of at least 4 members (excludes halogenated alkanes) is 16. The fourth-order valence-electron chi connectivity index (χ4n) is 8.51. The summed E-state index contributed by atoms with van der Waals surface area (Å²) in [6.07, 6.45) is 47.3. The van der Waals surface area contributed by atoms with Crippen LogP contribution in [0.4, 0.5) is 0 Å². The van der Waals surface area contributed by atoms with Crippen molar-refractivity contribution in [2.45, 2.75) is 225 Å². The quantitative estimate of drug-likeness (QED) is 0.0283. The van der Waals surface area contributed by atoms with Crippen molar-refractivity contribution in [2.75, 3.05) is 13.2 Å². The van der Waals surface area contributed by atoms with Crippen molar-refractivity contribution in [1.29, 1.82) is 0 Å². The van der Waals surface area contributed by atoms with Crippen LogP contribution < -0.4 is 0 Å². The Morgan fingerprint density at radius 2 is 1.00 bits per heavy atom. The van der Waals surface area contributed by atoms with Crippen molar-refractivity contribution in [3.05, 3.63) is 48.6 Å². The summed E-state index contributed by atoms with van der Waals surface area (Å²) in [7, 11) is 0. The topological polar surface area (TPSA) is 88.1 Å². The van der Waals surface area contributed by atoms with Crippen LogP contribution in [-0.4, -0.2) is 49.4 Å². The van der Waals surface area contributed by atoms with Crippen molar-refractivity contribution in [3.63, 3.8) is 0 Å². The molecular weight excluding hydrogens is 713 g/mol. The minimum Gasteiger partial charge on any atom is -0.462 e. The first-order valence-electron chi connectivity index (χ1n) is 23.7. The number of carbonyl (C=O) groups excluding carboxylic acids is 3. The summed E-state index contributed by atoms with van der Waals surface area (Å²) in [5, 5.41) is 0. The maximum Gasteiger partial charge on any atom is 0.312 e. The zero-order valence-corrected chi connectivity index (χ0v) is 36.4. The molecule has 0 radical (unpaired) electrons. The average molecular weight is 795 g/mol. The second-order valence-electron chi connectivity index (χ2n) is 17.2. The molecule has 3 atom stereocenters. The van der Waals surface area contributed by atoms with Gasteiger partial charge in [0.05, 0.1) is 12.0 Å². The Bertz CT molecular complexity index is 1180. The van der Waals surface area contributed by atoms with Crippen LogP contribution in [0.5, 0.6) is 0 Å². The largest absolute Gasteiger partial charge is 0.462 e. The number of carbonyl (C=O) groups is 3. The lowest BCUT2D eigenvalue weighted by atomic mass is 9.61. The summed E-state index contributed by atoms with van der Waals surface area (Å²) in [5.41, 5.74) is -0.381. The number of rotatable bonds is 33. The van der Waals surface area contributed by atoms with Crippen LogP contribution in [0, 0.1) is 11.3 Å². The Hall–Kier alpha value is -2.67. The summed E-state index contributed by atoms with van der Waals surface area (Å²) in [6, 6.07) is 0. The second kappa shape index (κ2) is 31.3. The van der Waals surface area contributed by atoms with Crippen LogP contribution in [0.3, 0.4) is 0 Å². The van der Waals surface area contributed by atoms with E-state index in [1.54, 1.807) is 0 Å². The van der Waals surface area contributed by atoms with Gasteiger partial charge in [-0.3, -0.25) is 14.4 Å². The zero-order chi connectivity index (χ0) is 40.7. The third kappa shape index (κ3) is 21.2. The summed E-state index contributed by atoms with van der Waals surface area (Å²) in [6.45, 7) is 4.61. The predicted octanol–water partition coefficient (Wildman–Crippen LogP) is 13.3. The molecule has 3 saturated carbocycles. The highest BCUT2D eigenvalue weighted by Crippen LogP contribution is 2.51. The Labute approximate surface area is 348 Å². The summed E-state index contributed by atoms with van der Waals surface area (Å²) in [5.74, 6) is -0.00580. The molecule has 1 unspecified atom stereocenters. The van der Waals surface area contributed by atoms with Gasteiger partial charge in [0.25, 0.3) is 0 Å². The molecule has 1 aliphatic heterocycles. The minimum absolute atomic E-state index is 0.00460. The Kier molecular flexibility index (Phi) is 26.7. The van der Waals surface area contributed by atoms with Crippen molar-refractivity contribution in [1.82, 2.24) is 0 Å². The third-order valence-corrected chi connectivity index (χ3v) is 12.3. The Morgan fingerprint density at radius 3 is 1.49 bits per heavy atom. The first-order chi connectivity index (χ1) is 28.0. The highest BCUT2D eigenvalue weighted by Gasteiger charge is 2.48. The molecule has 2 bridgehead atoms. The van der Waals surface area contributed by atoms with Gasteiger partial charge in [0, 0.05) is 12.8 Å². The first-order valence-corrected chi connectivity index (χ1v) is 23.7. The molecule has 0 aromatic heterocycles. The molecule has 4 fully saturated rings. The molecule has 3 aliphatic carbocycles. The van der Waals surface area contributed by atoms with E-state index in [1.807, 2.05) is 0 Å². The SMILES string of the molecule is CCCCC/C=C\C/C=C\CCCCCCCC(=O)OC1CO[C@H](COC(=O)C23CCC(CC2)CC3)[C@@H]1OC(=O)CCCCCCC/C=C\C/C=C\CCCCC. The standard InChI is InChI=1S/C50H82O7/c1-3-5-7-9-11-13-15-17-19-21-23-25-27-29-31-33-46(51)56-45-42-54-44(41-55-49(53)50-38-35-43(36-39-50)37-40-50)48(45)57-47(52)34-32-30-28-26-24-22-20-18-16-14-12-10-8-6-4-2/h11-14,17-20,43-45,48H,3-10,15-16,21-42H2,1-2H3/b13-11-,14-12-,19-17-,20-18-/t43?,44-,45?,48+,50?/m1/s1. The van der Waals surface area contributed by atoms with Gasteiger partial charge in [-0.2, -0.15) is 0 Å². The molecule has 0 spiro atoms. The summed E-state index contributed by atoms with van der Waals surface area (Å²) >= 11 is 0. The van der Waals surface area contributed by atoms with Crippen molar-refractivity contribution in [2.24, 2.45) is 11.3 Å². The van der Waals surface area contributed by atoms with E-state index in [0.717, 1.165) is 134 Å². The fraction of sp³-hybridized carbons (Fsp3) is 0.780. The molecule has 7 nitrogen and oxygen atoms in total. The molecule has 324 valence electrons. The van der Waals surface area contributed by atoms with Gasteiger partial charge in [0.15, 0.2) is 12.2 Å². The highest BCUT2D eigenvalue weighted by molar-refractivity contribution is 5.77. The van der Waals surface area contributed by atoms with E-state index in [2.05, 4.69) is 62.5 Å². The maximum atomic E-state index is 13.3. The lowest BCUT2D eigenvalue weighted by Crippen LogP contribution is -2.44. The minimum atomic E-state index is -0.781. The molecule has 1 saturated heterocycles. The number of hydrogen-bond acceptors (Lipinski definition) is 7. The lowest BCUT2D eigenvalue weighted by molar-refractivity contribution is -0.173. The fourth-order valence-corrected chi connectivity index (χ4v) is 8.51. The molecule has 4 rings (SSSR count). The van der Waals surface area contributed by atoms with Crippen molar-refractivity contribution < 1.29 is 33.3 Å². The predicted molar refractivity (Wildman–Crippen MR) is 233 cm³/mol. The van der Waals surface area contributed by atoms with E-state index in [0.29, 0.717) is 12.8 Å². The van der Waals surface area contributed by atoms with Crippen LogP contribution in [-0.2, 0) is 33.3 Å². The lowest BCUT2D eigenvalue weighted by Gasteiger charge is -2.44. The smallest absolute Gasteiger partial charge is 0.312 e. The molecule has 7 heteroatoms. The Balaban J connectivity index is 1.33. The molecule has 1 heterocycles. The van der Waals surface area contributed by atoms with Gasteiger partial charge in [0.2, 0.25) is 0 Å². The molecular formula is C50H82O7. The van der Waals surface area contributed by atoms with Gasteiger partial charge in [-0.1, -0.05) is 127 Å². The van der Waals surface area contributed by atoms with Crippen molar-refractivity contribution >= 4 is 17.9 Å². The van der Waals surface area contributed by atoms with Crippen LogP contribution >= 0.6 is 0 Å². The molecule has 0 aromatic carbocycles. The van der Waals surface area contributed by atoms with Crippen LogP contribution in [0.2, 0.25) is 0 Å². The number of allylic oxidation sites excluding steroid dienone is 8. The first kappa shape index (κ1) is 48.7. The average Bonchev–Trinajstić information content (AvgIpc) is 3.59. The Morgan fingerprint density at radius 1 is 0.561 bits per heavy atom. The summed E-state index contributed by atoms with van der Waals surface area (Å²) < 4.78 is 23.7. The van der Waals surface area contributed by atoms with Gasteiger partial charge in [-0.05, 0) is 121 Å². The number of fused-ring (bicyclic) bond motifs is 3. The molecule has 0 amide bonds. The number of esters is 3. The van der Waals surface area contributed by atoms with Gasteiger partial charge in [-0.15, -0.1) is 0 Å². The van der Waals surface area contributed by atoms with Gasteiger partial charge >= 0.3 is 17.9 Å².